The molecule has 11 rings (SSSR count). The first-order valence-electron chi connectivity index (χ1n) is 18.6. The van der Waals surface area contributed by atoms with E-state index in [-0.39, 0.29) is 6.04 Å². The smallest absolute Gasteiger partial charge is 0.133 e. The van der Waals surface area contributed by atoms with Crippen LogP contribution in [0.15, 0.2) is 199 Å². The second-order valence-electron chi connectivity index (χ2n) is 14.3. The molecule has 8 aromatic carbocycles. The van der Waals surface area contributed by atoms with Crippen LogP contribution in [0.1, 0.15) is 45.0 Å². The minimum Gasteiger partial charge on any atom is -0.457 e. The summed E-state index contributed by atoms with van der Waals surface area (Å²) in [6.45, 7) is 0. The van der Waals surface area contributed by atoms with E-state index in [1.54, 1.807) is 0 Å². The molecule has 1 aliphatic carbocycles. The summed E-state index contributed by atoms with van der Waals surface area (Å²) in [6.07, 6.45) is 2.28. The summed E-state index contributed by atoms with van der Waals surface area (Å²) in [4.78, 5) is 5.29. The SMILES string of the molecule is C1=C(c2ccccc2-c2ccc3c(c2)C2(c4ccccc4O3)c3ccccc3-c3ccccc32)NC(c2ccccc2)=NC1c1ccc2ccccc2c1. The summed E-state index contributed by atoms with van der Waals surface area (Å²) in [5.74, 6) is 2.63. The van der Waals surface area contributed by atoms with E-state index in [0.29, 0.717) is 0 Å². The third kappa shape index (κ3) is 4.58. The molecule has 3 aliphatic rings. The number of amidine groups is 1. The first-order valence-corrected chi connectivity index (χ1v) is 18.6. The topological polar surface area (TPSA) is 33.6 Å². The molecule has 1 unspecified atom stereocenters. The number of rotatable bonds is 4. The van der Waals surface area contributed by atoms with Gasteiger partial charge in [0.25, 0.3) is 0 Å². The highest BCUT2D eigenvalue weighted by Crippen LogP contribution is 2.62. The zero-order chi connectivity index (χ0) is 35.6. The molecule has 1 atom stereocenters. The summed E-state index contributed by atoms with van der Waals surface area (Å²) >= 11 is 0. The molecule has 3 nitrogen and oxygen atoms in total. The van der Waals surface area contributed by atoms with E-state index in [1.807, 2.05) is 6.07 Å². The highest BCUT2D eigenvalue weighted by molar-refractivity contribution is 6.06. The molecule has 2 aliphatic heterocycles. The van der Waals surface area contributed by atoms with Crippen LogP contribution in [0.4, 0.5) is 0 Å². The highest BCUT2D eigenvalue weighted by Gasteiger charge is 2.51. The maximum absolute atomic E-state index is 6.75. The van der Waals surface area contributed by atoms with Crippen molar-refractivity contribution in [3.63, 3.8) is 0 Å². The lowest BCUT2D eigenvalue weighted by Gasteiger charge is -2.39. The van der Waals surface area contributed by atoms with E-state index in [4.69, 9.17) is 9.73 Å². The molecule has 1 spiro atoms. The van der Waals surface area contributed by atoms with Gasteiger partial charge in [0.05, 0.1) is 11.5 Å². The van der Waals surface area contributed by atoms with E-state index in [1.165, 1.54) is 38.6 Å². The van der Waals surface area contributed by atoms with Gasteiger partial charge in [-0.25, -0.2) is 0 Å². The number of nitrogens with zero attached hydrogens (tertiary/aromatic N) is 1. The third-order valence-electron chi connectivity index (χ3n) is 11.4. The van der Waals surface area contributed by atoms with Crippen molar-refractivity contribution in [3.05, 3.63) is 233 Å². The summed E-state index contributed by atoms with van der Waals surface area (Å²) in [5.41, 5.74) is 13.5. The van der Waals surface area contributed by atoms with E-state index < -0.39 is 5.41 Å². The third-order valence-corrected chi connectivity index (χ3v) is 11.4. The van der Waals surface area contributed by atoms with Gasteiger partial charge in [0, 0.05) is 28.0 Å². The molecule has 54 heavy (non-hydrogen) atoms. The summed E-state index contributed by atoms with van der Waals surface area (Å²) in [6, 6.07) is 67.3. The quantitative estimate of drug-likeness (QED) is 0.199. The first-order chi connectivity index (χ1) is 26.8. The Morgan fingerprint density at radius 2 is 1.06 bits per heavy atom. The van der Waals surface area contributed by atoms with Crippen LogP contribution in [0.5, 0.6) is 11.5 Å². The van der Waals surface area contributed by atoms with E-state index in [2.05, 4.69) is 193 Å². The summed E-state index contributed by atoms with van der Waals surface area (Å²) < 4.78 is 6.75. The number of para-hydroxylation sites is 1. The van der Waals surface area contributed by atoms with Crippen molar-refractivity contribution in [2.24, 2.45) is 4.99 Å². The predicted molar refractivity (Wildman–Crippen MR) is 220 cm³/mol. The van der Waals surface area contributed by atoms with E-state index in [9.17, 15) is 0 Å². The fraction of sp³-hybridized carbons (Fsp3) is 0.0392. The minimum atomic E-state index is -0.529. The van der Waals surface area contributed by atoms with Gasteiger partial charge >= 0.3 is 0 Å². The van der Waals surface area contributed by atoms with Crippen LogP contribution in [-0.2, 0) is 5.41 Å². The Labute approximate surface area is 314 Å². The zero-order valence-electron chi connectivity index (χ0n) is 29.4. The maximum atomic E-state index is 6.75. The molecule has 3 heteroatoms. The molecule has 8 aromatic rings. The molecular weight excluding hydrogens is 657 g/mol. The second-order valence-corrected chi connectivity index (χ2v) is 14.3. The van der Waals surface area contributed by atoms with Gasteiger partial charge in [-0.05, 0) is 80.1 Å². The van der Waals surface area contributed by atoms with Gasteiger partial charge in [0.2, 0.25) is 0 Å². The molecule has 1 N–H and O–H groups in total. The lowest BCUT2D eigenvalue weighted by atomic mass is 9.65. The second kappa shape index (κ2) is 12.0. The molecule has 254 valence electrons. The number of ether oxygens (including phenoxy) is 1. The number of benzene rings is 8. The van der Waals surface area contributed by atoms with E-state index >= 15 is 0 Å². The molecule has 0 fully saturated rings. The number of aliphatic imine (C=N–C) groups is 1. The summed E-state index contributed by atoms with van der Waals surface area (Å²) in [7, 11) is 0. The van der Waals surface area contributed by atoms with Crippen LogP contribution in [0, 0.1) is 0 Å². The van der Waals surface area contributed by atoms with Crippen molar-refractivity contribution < 1.29 is 4.74 Å². The number of fused-ring (bicyclic) bond motifs is 10. The van der Waals surface area contributed by atoms with Crippen LogP contribution in [0.25, 0.3) is 38.7 Å². The van der Waals surface area contributed by atoms with Gasteiger partial charge in [-0.1, -0.05) is 164 Å². The van der Waals surface area contributed by atoms with Gasteiger partial charge in [0.1, 0.15) is 17.3 Å². The van der Waals surface area contributed by atoms with Crippen LogP contribution >= 0.6 is 0 Å². The number of hydrogen-bond donors (Lipinski definition) is 1. The molecular formula is C51H34N2O. The number of nitrogens with one attached hydrogen (secondary N) is 1. The average Bonchev–Trinajstić information content (AvgIpc) is 3.54. The standard InChI is InChI=1S/C51H34N2O/c1-2-15-34(16-3-1)50-52-46(37-27-26-33-14-4-5-17-35(33)30-37)32-47(53-50)41-21-7-6-18-38(41)36-28-29-49-45(31-36)51(44-24-12-13-25-48(44)54-49)42-22-10-8-19-39(42)40-20-9-11-23-43(40)51/h1-32,46H,(H,52,53). The zero-order valence-corrected chi connectivity index (χ0v) is 29.4. The maximum Gasteiger partial charge on any atom is 0.133 e. The Kier molecular flexibility index (Phi) is 6.83. The largest absolute Gasteiger partial charge is 0.457 e. The van der Waals surface area contributed by atoms with Crippen LogP contribution in [-0.4, -0.2) is 5.84 Å². The van der Waals surface area contributed by atoms with Crippen LogP contribution in [0.3, 0.4) is 0 Å². The Balaban J connectivity index is 1.10. The predicted octanol–water partition coefficient (Wildman–Crippen LogP) is 12.1. The fourth-order valence-electron chi connectivity index (χ4n) is 8.99. The van der Waals surface area contributed by atoms with Crippen LogP contribution in [0.2, 0.25) is 0 Å². The molecule has 0 saturated carbocycles. The Morgan fingerprint density at radius 1 is 0.444 bits per heavy atom. The van der Waals surface area contributed by atoms with Gasteiger partial charge in [-0.3, -0.25) is 4.99 Å². The Bertz CT molecular complexity index is 2800. The monoisotopic (exact) mass is 690 g/mol. The molecule has 0 amide bonds. The van der Waals surface area contributed by atoms with Gasteiger partial charge in [-0.15, -0.1) is 0 Å². The Hall–Kier alpha value is -6.97. The average molecular weight is 691 g/mol. The van der Waals surface area contributed by atoms with Crippen molar-refractivity contribution in [3.8, 4) is 33.8 Å². The van der Waals surface area contributed by atoms with Gasteiger partial charge < -0.3 is 10.1 Å². The van der Waals surface area contributed by atoms with Crippen molar-refractivity contribution >= 4 is 22.3 Å². The van der Waals surface area contributed by atoms with Crippen molar-refractivity contribution in [1.29, 1.82) is 0 Å². The normalized spacial score (nSPS) is 15.9. The first kappa shape index (κ1) is 30.6. The lowest BCUT2D eigenvalue weighted by Crippen LogP contribution is -2.32. The fourth-order valence-corrected chi connectivity index (χ4v) is 8.99. The molecule has 0 saturated heterocycles. The lowest BCUT2D eigenvalue weighted by molar-refractivity contribution is 0.436. The van der Waals surface area contributed by atoms with Crippen LogP contribution < -0.4 is 10.1 Å². The van der Waals surface area contributed by atoms with E-state index in [0.717, 1.165) is 56.4 Å². The van der Waals surface area contributed by atoms with Gasteiger partial charge in [0.15, 0.2) is 0 Å². The van der Waals surface area contributed by atoms with Crippen molar-refractivity contribution in [2.75, 3.05) is 0 Å². The molecule has 2 heterocycles. The number of hydrogen-bond acceptors (Lipinski definition) is 3. The highest BCUT2D eigenvalue weighted by atomic mass is 16.5. The van der Waals surface area contributed by atoms with Crippen molar-refractivity contribution in [1.82, 2.24) is 5.32 Å². The van der Waals surface area contributed by atoms with Gasteiger partial charge in [-0.2, -0.15) is 0 Å². The molecule has 0 radical (unpaired) electrons. The molecule has 0 aromatic heterocycles. The molecule has 0 bridgehead atoms. The summed E-state index contributed by atoms with van der Waals surface area (Å²) in [5, 5.41) is 6.20. The van der Waals surface area contributed by atoms with Crippen molar-refractivity contribution in [2.45, 2.75) is 11.5 Å². The Morgan fingerprint density at radius 3 is 1.83 bits per heavy atom. The minimum absolute atomic E-state index is 0.169.